The average Bonchev–Trinajstić information content (AvgIpc) is 2.67. The van der Waals surface area contributed by atoms with Gasteiger partial charge in [-0.05, 0) is 47.2 Å². The Morgan fingerprint density at radius 2 is 1.54 bits per heavy atom. The molecule has 3 rings (SSSR count). The van der Waals surface area contributed by atoms with Gasteiger partial charge in [-0.25, -0.2) is 4.79 Å². The van der Waals surface area contributed by atoms with Crippen molar-refractivity contribution in [3.05, 3.63) is 65.7 Å². The number of ether oxygens (including phenoxy) is 2. The molecule has 3 aromatic rings. The summed E-state index contributed by atoms with van der Waals surface area (Å²) in [5.41, 5.74) is 0.461. The molecule has 0 unspecified atom stereocenters. The molecule has 0 amide bonds. The first-order valence-corrected chi connectivity index (χ1v) is 7.78. The van der Waals surface area contributed by atoms with Crippen LogP contribution in [-0.2, 0) is 4.74 Å². The number of ketones is 1. The zero-order valence-corrected chi connectivity index (χ0v) is 13.9. The molecule has 0 saturated carbocycles. The average molecular weight is 352 g/mol. The van der Waals surface area contributed by atoms with E-state index in [4.69, 9.17) is 9.47 Å². The van der Waals surface area contributed by atoms with E-state index in [9.17, 15) is 19.8 Å². The summed E-state index contributed by atoms with van der Waals surface area (Å²) in [7, 11) is 1.58. The minimum absolute atomic E-state index is 0.0405. The van der Waals surface area contributed by atoms with Gasteiger partial charge in [-0.1, -0.05) is 18.2 Å². The van der Waals surface area contributed by atoms with Gasteiger partial charge in [0.05, 0.1) is 12.7 Å². The van der Waals surface area contributed by atoms with Crippen molar-refractivity contribution in [3.63, 3.8) is 0 Å². The summed E-state index contributed by atoms with van der Waals surface area (Å²) in [6.07, 6.45) is 0. The number of methoxy groups -OCH3 is 1. The number of Topliss-reactive ketones (excluding diaryl/α,β-unsaturated/α-hetero) is 1. The van der Waals surface area contributed by atoms with E-state index in [2.05, 4.69) is 0 Å². The summed E-state index contributed by atoms with van der Waals surface area (Å²) in [6, 6.07) is 14.2. The second-order valence-corrected chi connectivity index (χ2v) is 5.63. The largest absolute Gasteiger partial charge is 0.504 e. The van der Waals surface area contributed by atoms with E-state index >= 15 is 0 Å². The second-order valence-electron chi connectivity index (χ2n) is 5.63. The molecule has 0 saturated heterocycles. The van der Waals surface area contributed by atoms with E-state index < -0.39 is 18.3 Å². The summed E-state index contributed by atoms with van der Waals surface area (Å²) in [5.74, 6) is -1.16. The number of carbonyl (C=O) groups is 2. The Bertz CT molecular complexity index is 993. The fraction of sp³-hybridized carbons (Fsp3) is 0.100. The summed E-state index contributed by atoms with van der Waals surface area (Å²) in [4.78, 5) is 24.2. The molecule has 6 heteroatoms. The molecule has 2 N–H and O–H groups in total. The van der Waals surface area contributed by atoms with Gasteiger partial charge in [0.2, 0.25) is 0 Å². The SMILES string of the molecule is COc1ccc2cc(C(=O)COC(=O)c3ccc(O)c(O)c3)ccc2c1. The predicted octanol–water partition coefficient (Wildman–Crippen LogP) is 3.30. The third kappa shape index (κ3) is 3.59. The Morgan fingerprint density at radius 1 is 0.846 bits per heavy atom. The molecule has 0 atom stereocenters. The molecular weight excluding hydrogens is 336 g/mol. The maximum atomic E-state index is 12.3. The summed E-state index contributed by atoms with van der Waals surface area (Å²) in [6.45, 7) is -0.428. The Labute approximate surface area is 149 Å². The molecule has 3 aromatic carbocycles. The van der Waals surface area contributed by atoms with Gasteiger partial charge >= 0.3 is 5.97 Å². The van der Waals surface area contributed by atoms with Gasteiger partial charge in [-0.3, -0.25) is 4.79 Å². The van der Waals surface area contributed by atoms with Crippen LogP contribution in [0.1, 0.15) is 20.7 Å². The van der Waals surface area contributed by atoms with Crippen molar-refractivity contribution < 1.29 is 29.3 Å². The summed E-state index contributed by atoms with van der Waals surface area (Å²) in [5, 5.41) is 20.5. The normalized spacial score (nSPS) is 10.5. The summed E-state index contributed by atoms with van der Waals surface area (Å²) < 4.78 is 10.2. The number of fused-ring (bicyclic) bond motifs is 1. The fourth-order valence-electron chi connectivity index (χ4n) is 2.47. The Balaban J connectivity index is 1.70. The Morgan fingerprint density at radius 3 is 2.27 bits per heavy atom. The van der Waals surface area contributed by atoms with Crippen LogP contribution in [0.15, 0.2) is 54.6 Å². The molecule has 0 bridgehead atoms. The highest BCUT2D eigenvalue weighted by Gasteiger charge is 2.14. The number of carbonyl (C=O) groups excluding carboxylic acids is 2. The highest BCUT2D eigenvalue weighted by molar-refractivity contribution is 6.02. The van der Waals surface area contributed by atoms with Crippen molar-refractivity contribution in [3.8, 4) is 17.2 Å². The highest BCUT2D eigenvalue weighted by atomic mass is 16.5. The van der Waals surface area contributed by atoms with Crippen LogP contribution >= 0.6 is 0 Å². The van der Waals surface area contributed by atoms with Crippen LogP contribution in [0.25, 0.3) is 10.8 Å². The standard InChI is InChI=1S/C20H16O6/c1-25-16-6-4-12-8-14(3-2-13(12)9-16)19(23)11-26-20(24)15-5-7-17(21)18(22)10-15/h2-10,21-22H,11H2,1H3. The van der Waals surface area contributed by atoms with Gasteiger partial charge in [-0.15, -0.1) is 0 Å². The number of hydrogen-bond donors (Lipinski definition) is 2. The van der Waals surface area contributed by atoms with Crippen molar-refractivity contribution >= 4 is 22.5 Å². The predicted molar refractivity (Wildman–Crippen MR) is 94.9 cm³/mol. The molecular formula is C20H16O6. The second kappa shape index (κ2) is 7.14. The number of esters is 1. The maximum absolute atomic E-state index is 12.3. The number of phenolic OH excluding ortho intramolecular Hbond substituents is 2. The lowest BCUT2D eigenvalue weighted by Gasteiger charge is -2.07. The van der Waals surface area contributed by atoms with Crippen LogP contribution < -0.4 is 4.74 Å². The van der Waals surface area contributed by atoms with Gasteiger partial charge in [0.1, 0.15) is 5.75 Å². The zero-order valence-electron chi connectivity index (χ0n) is 13.9. The van der Waals surface area contributed by atoms with Crippen LogP contribution in [0.2, 0.25) is 0 Å². The van der Waals surface area contributed by atoms with Gasteiger partial charge in [0.15, 0.2) is 23.9 Å². The number of hydrogen-bond acceptors (Lipinski definition) is 6. The van der Waals surface area contributed by atoms with E-state index in [1.165, 1.54) is 12.1 Å². The van der Waals surface area contributed by atoms with E-state index in [0.717, 1.165) is 22.6 Å². The number of aromatic hydroxyl groups is 2. The van der Waals surface area contributed by atoms with Crippen molar-refractivity contribution in [1.82, 2.24) is 0 Å². The smallest absolute Gasteiger partial charge is 0.338 e. The van der Waals surface area contributed by atoms with E-state index in [1.807, 2.05) is 12.1 Å². The van der Waals surface area contributed by atoms with Gasteiger partial charge in [0, 0.05) is 5.56 Å². The Kier molecular flexibility index (Phi) is 4.75. The minimum Gasteiger partial charge on any atom is -0.504 e. The van der Waals surface area contributed by atoms with E-state index in [1.54, 1.807) is 31.4 Å². The van der Waals surface area contributed by atoms with Crippen LogP contribution in [0.4, 0.5) is 0 Å². The van der Waals surface area contributed by atoms with Gasteiger partial charge in [-0.2, -0.15) is 0 Å². The molecule has 0 fully saturated rings. The quantitative estimate of drug-likeness (QED) is 0.416. The van der Waals surface area contributed by atoms with Crippen molar-refractivity contribution in [2.45, 2.75) is 0 Å². The molecule has 0 aromatic heterocycles. The number of benzene rings is 3. The molecule has 0 radical (unpaired) electrons. The van der Waals surface area contributed by atoms with Gasteiger partial charge < -0.3 is 19.7 Å². The van der Waals surface area contributed by atoms with Crippen molar-refractivity contribution in [2.75, 3.05) is 13.7 Å². The lowest BCUT2D eigenvalue weighted by molar-refractivity contribution is 0.0474. The first-order chi connectivity index (χ1) is 12.5. The van der Waals surface area contributed by atoms with E-state index in [-0.39, 0.29) is 17.1 Å². The monoisotopic (exact) mass is 352 g/mol. The molecule has 0 aliphatic carbocycles. The third-order valence-electron chi connectivity index (χ3n) is 3.91. The third-order valence-corrected chi connectivity index (χ3v) is 3.91. The molecule has 6 nitrogen and oxygen atoms in total. The summed E-state index contributed by atoms with van der Waals surface area (Å²) >= 11 is 0. The lowest BCUT2D eigenvalue weighted by atomic mass is 10.0. The zero-order chi connectivity index (χ0) is 18.7. The number of rotatable bonds is 5. The topological polar surface area (TPSA) is 93.1 Å². The van der Waals surface area contributed by atoms with Gasteiger partial charge in [0.25, 0.3) is 0 Å². The van der Waals surface area contributed by atoms with Crippen LogP contribution in [0.5, 0.6) is 17.2 Å². The molecule has 132 valence electrons. The molecule has 0 aliphatic heterocycles. The van der Waals surface area contributed by atoms with Crippen LogP contribution in [-0.4, -0.2) is 35.7 Å². The Hall–Kier alpha value is -3.54. The molecule has 0 spiro atoms. The van der Waals surface area contributed by atoms with E-state index in [0.29, 0.717) is 5.56 Å². The van der Waals surface area contributed by atoms with Crippen LogP contribution in [0, 0.1) is 0 Å². The maximum Gasteiger partial charge on any atom is 0.338 e. The first kappa shape index (κ1) is 17.3. The first-order valence-electron chi connectivity index (χ1n) is 7.78. The van der Waals surface area contributed by atoms with Crippen LogP contribution in [0.3, 0.4) is 0 Å². The van der Waals surface area contributed by atoms with Crippen molar-refractivity contribution in [1.29, 1.82) is 0 Å². The molecule has 26 heavy (non-hydrogen) atoms. The number of phenols is 2. The lowest BCUT2D eigenvalue weighted by Crippen LogP contribution is -2.14. The molecule has 0 aliphatic rings. The minimum atomic E-state index is -0.765. The molecule has 0 heterocycles. The van der Waals surface area contributed by atoms with Crippen molar-refractivity contribution in [2.24, 2.45) is 0 Å². The fourth-order valence-corrected chi connectivity index (χ4v) is 2.47. The highest BCUT2D eigenvalue weighted by Crippen LogP contribution is 2.25.